The van der Waals surface area contributed by atoms with Crippen molar-refractivity contribution in [2.75, 3.05) is 10.2 Å². The van der Waals surface area contributed by atoms with Gasteiger partial charge in [-0.05, 0) is 25.7 Å². The molecule has 8 nitrogen and oxygen atoms in total. The highest BCUT2D eigenvalue weighted by Crippen LogP contribution is 2.43. The number of aliphatic imine (C=N–C) groups is 1. The van der Waals surface area contributed by atoms with E-state index >= 15 is 0 Å². The standard InChI is InChI=1S/C19H19N7OS/c20-7-13-8-24-19(28-13)26-11-1-2-12(26)6-10(5-11)25-16-14(18(21)27)9-23-15-3-4-22-17(15)16/h4,8-12H,1-3,5-6H2,(H2,21,27)(H,23,25)/t10?,11-,12+. The van der Waals surface area contributed by atoms with Crippen LogP contribution in [-0.2, 0) is 6.42 Å². The number of nitriles is 1. The van der Waals surface area contributed by atoms with Crippen LogP contribution in [0.1, 0.15) is 46.6 Å². The van der Waals surface area contributed by atoms with Crippen molar-refractivity contribution in [3.8, 4) is 6.07 Å². The molecule has 1 unspecified atom stereocenters. The highest BCUT2D eigenvalue weighted by Gasteiger charge is 2.42. The molecule has 0 saturated carbocycles. The fourth-order valence-corrected chi connectivity index (χ4v) is 5.49. The highest BCUT2D eigenvalue weighted by atomic mass is 32.1. The molecule has 0 aromatic carbocycles. The summed E-state index contributed by atoms with van der Waals surface area (Å²) in [5.41, 5.74) is 8.30. The number of nitrogens with zero attached hydrogens (tertiary/aromatic N) is 5. The molecule has 2 bridgehead atoms. The molecule has 1 amide bonds. The van der Waals surface area contributed by atoms with E-state index in [1.165, 1.54) is 11.3 Å². The summed E-state index contributed by atoms with van der Waals surface area (Å²) in [6.07, 6.45) is 9.81. The molecular weight excluding hydrogens is 374 g/mol. The number of piperidine rings is 1. The lowest BCUT2D eigenvalue weighted by atomic mass is 9.97. The van der Waals surface area contributed by atoms with Gasteiger partial charge in [0.25, 0.3) is 5.91 Å². The number of thiazole rings is 1. The summed E-state index contributed by atoms with van der Waals surface area (Å²) in [7, 11) is 0. The average molecular weight is 393 g/mol. The maximum Gasteiger partial charge on any atom is 0.252 e. The second-order valence-corrected chi connectivity index (χ2v) is 8.46. The third-order valence-electron chi connectivity index (χ3n) is 5.81. The molecule has 2 aromatic heterocycles. The van der Waals surface area contributed by atoms with E-state index in [0.29, 0.717) is 34.6 Å². The lowest BCUT2D eigenvalue weighted by Crippen LogP contribution is -2.47. The number of nitrogens with one attached hydrogen (secondary N) is 1. The van der Waals surface area contributed by atoms with Crippen LogP contribution in [0.15, 0.2) is 17.4 Å². The predicted octanol–water partition coefficient (Wildman–Crippen LogP) is 2.38. The molecule has 5 rings (SSSR count). The van der Waals surface area contributed by atoms with E-state index in [-0.39, 0.29) is 6.04 Å². The Morgan fingerprint density at radius 2 is 2.07 bits per heavy atom. The Kier molecular flexibility index (Phi) is 4.02. The number of pyridine rings is 1. The summed E-state index contributed by atoms with van der Waals surface area (Å²) >= 11 is 1.46. The van der Waals surface area contributed by atoms with Gasteiger partial charge < -0.3 is 16.0 Å². The normalized spacial score (nSPS) is 24.8. The minimum atomic E-state index is -0.493. The van der Waals surface area contributed by atoms with Gasteiger partial charge >= 0.3 is 0 Å². The van der Waals surface area contributed by atoms with E-state index in [1.807, 2.05) is 6.21 Å². The van der Waals surface area contributed by atoms with E-state index in [4.69, 9.17) is 11.0 Å². The molecule has 3 atom stereocenters. The van der Waals surface area contributed by atoms with Crippen molar-refractivity contribution >= 4 is 40.0 Å². The topological polar surface area (TPSA) is 120 Å². The van der Waals surface area contributed by atoms with Crippen molar-refractivity contribution in [3.05, 3.63) is 28.5 Å². The zero-order chi connectivity index (χ0) is 19.3. The Hall–Kier alpha value is -2.99. The first-order chi connectivity index (χ1) is 13.6. The van der Waals surface area contributed by atoms with E-state index in [0.717, 1.165) is 42.2 Å². The van der Waals surface area contributed by atoms with Crippen molar-refractivity contribution in [1.29, 1.82) is 5.26 Å². The Morgan fingerprint density at radius 3 is 2.75 bits per heavy atom. The van der Waals surface area contributed by atoms with Crippen LogP contribution >= 0.6 is 11.3 Å². The summed E-state index contributed by atoms with van der Waals surface area (Å²) in [4.78, 5) is 28.2. The van der Waals surface area contributed by atoms with Crippen molar-refractivity contribution in [2.45, 2.75) is 50.2 Å². The summed E-state index contributed by atoms with van der Waals surface area (Å²) in [5.74, 6) is -0.493. The quantitative estimate of drug-likeness (QED) is 0.823. The molecule has 2 aromatic rings. The van der Waals surface area contributed by atoms with Gasteiger partial charge in [-0.3, -0.25) is 14.8 Å². The van der Waals surface area contributed by atoms with Crippen LogP contribution in [0.5, 0.6) is 0 Å². The SMILES string of the molecule is N#Cc1cnc(N2[C@@H]3CC[C@H]2CC(Nc2c(C(N)=O)cnc4c2N=CC4)C3)s1. The number of carbonyl (C=O) groups is 1. The van der Waals surface area contributed by atoms with Gasteiger partial charge in [-0.1, -0.05) is 11.3 Å². The van der Waals surface area contributed by atoms with Crippen LogP contribution in [0.2, 0.25) is 0 Å². The molecule has 0 spiro atoms. The molecule has 3 aliphatic heterocycles. The minimum Gasteiger partial charge on any atom is -0.380 e. The van der Waals surface area contributed by atoms with Crippen molar-refractivity contribution in [2.24, 2.45) is 10.7 Å². The van der Waals surface area contributed by atoms with Gasteiger partial charge in [0, 0.05) is 37.0 Å². The van der Waals surface area contributed by atoms with Crippen LogP contribution in [-0.4, -0.2) is 40.2 Å². The number of rotatable bonds is 4. The van der Waals surface area contributed by atoms with Gasteiger partial charge in [0.15, 0.2) is 5.13 Å². The fraction of sp³-hybridized carbons (Fsp3) is 0.421. The second kappa shape index (κ2) is 6.56. The van der Waals surface area contributed by atoms with E-state index in [1.54, 1.807) is 12.4 Å². The smallest absolute Gasteiger partial charge is 0.252 e. The number of carbonyl (C=O) groups excluding carboxylic acids is 1. The largest absolute Gasteiger partial charge is 0.380 e. The maximum atomic E-state index is 11.9. The number of nitrogens with two attached hydrogens (primary N) is 1. The molecule has 3 N–H and O–H groups in total. The third kappa shape index (κ3) is 2.72. The number of hydrogen-bond acceptors (Lipinski definition) is 8. The summed E-state index contributed by atoms with van der Waals surface area (Å²) in [6, 6.07) is 3.16. The molecule has 0 radical (unpaired) electrons. The molecule has 2 fully saturated rings. The van der Waals surface area contributed by atoms with Crippen LogP contribution in [0.3, 0.4) is 0 Å². The molecule has 28 heavy (non-hydrogen) atoms. The number of aromatic nitrogens is 2. The highest BCUT2D eigenvalue weighted by molar-refractivity contribution is 7.16. The van der Waals surface area contributed by atoms with Gasteiger partial charge in [0.1, 0.15) is 16.6 Å². The molecule has 0 aliphatic carbocycles. The van der Waals surface area contributed by atoms with Crippen LogP contribution in [0, 0.1) is 11.3 Å². The van der Waals surface area contributed by atoms with Crippen molar-refractivity contribution in [1.82, 2.24) is 9.97 Å². The van der Waals surface area contributed by atoms with Crippen molar-refractivity contribution in [3.63, 3.8) is 0 Å². The first-order valence-electron chi connectivity index (χ1n) is 9.39. The monoisotopic (exact) mass is 393 g/mol. The first-order valence-corrected chi connectivity index (χ1v) is 10.2. The van der Waals surface area contributed by atoms with Gasteiger partial charge in [0.05, 0.1) is 23.1 Å². The molecular formula is C19H19N7OS. The molecule has 5 heterocycles. The maximum absolute atomic E-state index is 11.9. The molecule has 3 aliphatic rings. The minimum absolute atomic E-state index is 0.226. The van der Waals surface area contributed by atoms with E-state index < -0.39 is 5.91 Å². The Morgan fingerprint density at radius 1 is 1.29 bits per heavy atom. The Bertz CT molecular complexity index is 1010. The number of amides is 1. The summed E-state index contributed by atoms with van der Waals surface area (Å²) in [6.45, 7) is 0. The number of fused-ring (bicyclic) bond motifs is 3. The fourth-order valence-electron chi connectivity index (χ4n) is 4.63. The lowest BCUT2D eigenvalue weighted by Gasteiger charge is -2.39. The Labute approximate surface area is 166 Å². The zero-order valence-corrected chi connectivity index (χ0v) is 15.9. The molecule has 9 heteroatoms. The first kappa shape index (κ1) is 17.1. The Balaban J connectivity index is 1.40. The number of primary amides is 1. The van der Waals surface area contributed by atoms with Crippen molar-refractivity contribution < 1.29 is 4.79 Å². The van der Waals surface area contributed by atoms with Gasteiger partial charge in [0.2, 0.25) is 0 Å². The second-order valence-electron chi connectivity index (χ2n) is 7.45. The third-order valence-corrected chi connectivity index (χ3v) is 6.72. The van der Waals surface area contributed by atoms with E-state index in [9.17, 15) is 4.79 Å². The van der Waals surface area contributed by atoms with Gasteiger partial charge in [-0.15, -0.1) is 0 Å². The number of hydrogen-bond donors (Lipinski definition) is 2. The van der Waals surface area contributed by atoms with Crippen LogP contribution < -0.4 is 16.0 Å². The van der Waals surface area contributed by atoms with Crippen LogP contribution in [0.25, 0.3) is 0 Å². The predicted molar refractivity (Wildman–Crippen MR) is 107 cm³/mol. The van der Waals surface area contributed by atoms with Gasteiger partial charge in [-0.25, -0.2) is 4.98 Å². The molecule has 2 saturated heterocycles. The van der Waals surface area contributed by atoms with Gasteiger partial charge in [-0.2, -0.15) is 5.26 Å². The summed E-state index contributed by atoms with van der Waals surface area (Å²) in [5, 5.41) is 13.6. The lowest BCUT2D eigenvalue weighted by molar-refractivity contribution is 0.100. The molecule has 142 valence electrons. The summed E-state index contributed by atoms with van der Waals surface area (Å²) < 4.78 is 0. The average Bonchev–Trinajstić information content (AvgIpc) is 3.39. The number of anilines is 2. The van der Waals surface area contributed by atoms with E-state index in [2.05, 4.69) is 31.2 Å². The van der Waals surface area contributed by atoms with Crippen LogP contribution in [0.4, 0.5) is 16.5 Å². The zero-order valence-electron chi connectivity index (χ0n) is 15.1.